The van der Waals surface area contributed by atoms with Crippen LogP contribution < -0.4 is 10.1 Å². The van der Waals surface area contributed by atoms with Crippen molar-refractivity contribution in [1.29, 1.82) is 0 Å². The van der Waals surface area contributed by atoms with Crippen molar-refractivity contribution < 1.29 is 9.53 Å². The maximum atomic E-state index is 12.5. The van der Waals surface area contributed by atoms with Crippen molar-refractivity contribution in [1.82, 2.24) is 14.8 Å². The van der Waals surface area contributed by atoms with Crippen molar-refractivity contribution in [2.24, 2.45) is 0 Å². The van der Waals surface area contributed by atoms with Gasteiger partial charge >= 0.3 is 0 Å². The van der Waals surface area contributed by atoms with Gasteiger partial charge in [0.25, 0.3) is 5.91 Å². The van der Waals surface area contributed by atoms with Crippen molar-refractivity contribution >= 4 is 11.6 Å². The van der Waals surface area contributed by atoms with Gasteiger partial charge in [-0.3, -0.25) is 4.79 Å². The molecule has 1 N–H and O–H groups in total. The molecule has 6 heteroatoms. The van der Waals surface area contributed by atoms with Gasteiger partial charge in [0.05, 0.1) is 19.0 Å². The fourth-order valence-electron chi connectivity index (χ4n) is 2.84. The minimum Gasteiger partial charge on any atom is -0.496 e. The van der Waals surface area contributed by atoms with Gasteiger partial charge in [0, 0.05) is 38.3 Å². The molecule has 1 aromatic carbocycles. The van der Waals surface area contributed by atoms with Gasteiger partial charge in [-0.2, -0.15) is 0 Å². The number of likely N-dealkylation sites (N-methyl/N-ethyl adjacent to an activating group) is 1. The van der Waals surface area contributed by atoms with E-state index in [0.717, 1.165) is 43.2 Å². The predicted octanol–water partition coefficient (Wildman–Crippen LogP) is 2.09. The van der Waals surface area contributed by atoms with Gasteiger partial charge in [0.15, 0.2) is 0 Å². The van der Waals surface area contributed by atoms with E-state index in [4.69, 9.17) is 4.74 Å². The molecular weight excluding hydrogens is 316 g/mol. The molecule has 6 nitrogen and oxygen atoms in total. The van der Waals surface area contributed by atoms with Crippen LogP contribution in [0, 0.1) is 0 Å². The molecule has 132 valence electrons. The summed E-state index contributed by atoms with van der Waals surface area (Å²) in [6.07, 6.45) is 1.71. The first-order valence-corrected chi connectivity index (χ1v) is 8.47. The first-order chi connectivity index (χ1) is 12.2. The summed E-state index contributed by atoms with van der Waals surface area (Å²) in [5, 5.41) is 3.31. The Morgan fingerprint density at radius 3 is 2.60 bits per heavy atom. The molecule has 2 aromatic rings. The Morgan fingerprint density at radius 1 is 1.16 bits per heavy atom. The summed E-state index contributed by atoms with van der Waals surface area (Å²) in [7, 11) is 3.74. The molecule has 0 bridgehead atoms. The van der Waals surface area contributed by atoms with E-state index >= 15 is 0 Å². The molecule has 1 aliphatic heterocycles. The normalized spacial score (nSPS) is 15.0. The zero-order valence-electron chi connectivity index (χ0n) is 14.7. The second kappa shape index (κ2) is 7.98. The number of aromatic nitrogens is 1. The van der Waals surface area contributed by atoms with E-state index in [9.17, 15) is 4.79 Å². The van der Waals surface area contributed by atoms with Gasteiger partial charge < -0.3 is 19.9 Å². The lowest BCUT2D eigenvalue weighted by Crippen LogP contribution is -2.47. The quantitative estimate of drug-likeness (QED) is 0.903. The molecule has 1 aliphatic rings. The van der Waals surface area contributed by atoms with Gasteiger partial charge in [-0.05, 0) is 25.2 Å². The molecule has 1 amide bonds. The number of rotatable bonds is 5. The molecule has 1 aromatic heterocycles. The van der Waals surface area contributed by atoms with Crippen LogP contribution >= 0.6 is 0 Å². The number of hydrogen-bond acceptors (Lipinski definition) is 5. The van der Waals surface area contributed by atoms with Crippen molar-refractivity contribution in [3.05, 3.63) is 53.9 Å². The van der Waals surface area contributed by atoms with Crippen LogP contribution in [0.1, 0.15) is 16.1 Å². The zero-order chi connectivity index (χ0) is 17.6. The second-order valence-corrected chi connectivity index (χ2v) is 6.19. The number of para-hydroxylation sites is 1. The number of carbonyl (C=O) groups excluding carboxylic acids is 1. The van der Waals surface area contributed by atoms with Crippen LogP contribution in [0.5, 0.6) is 5.75 Å². The van der Waals surface area contributed by atoms with Crippen molar-refractivity contribution in [2.45, 2.75) is 6.54 Å². The summed E-state index contributed by atoms with van der Waals surface area (Å²) in [6.45, 7) is 3.96. The first-order valence-electron chi connectivity index (χ1n) is 8.47. The van der Waals surface area contributed by atoms with Crippen LogP contribution in [0.15, 0.2) is 42.6 Å². The molecule has 2 heterocycles. The predicted molar refractivity (Wildman–Crippen MR) is 98.0 cm³/mol. The average Bonchev–Trinajstić information content (AvgIpc) is 2.67. The van der Waals surface area contributed by atoms with E-state index in [1.165, 1.54) is 0 Å². The number of anilines is 1. The highest BCUT2D eigenvalue weighted by atomic mass is 16.5. The van der Waals surface area contributed by atoms with Crippen LogP contribution in [0.3, 0.4) is 0 Å². The highest BCUT2D eigenvalue weighted by Crippen LogP contribution is 2.19. The Hall–Kier alpha value is -2.60. The molecule has 0 unspecified atom stereocenters. The zero-order valence-corrected chi connectivity index (χ0v) is 14.7. The highest BCUT2D eigenvalue weighted by molar-refractivity contribution is 5.92. The van der Waals surface area contributed by atoms with E-state index in [-0.39, 0.29) is 5.91 Å². The van der Waals surface area contributed by atoms with Gasteiger partial charge in [-0.15, -0.1) is 0 Å². The van der Waals surface area contributed by atoms with Crippen LogP contribution in [0.2, 0.25) is 0 Å². The lowest BCUT2D eigenvalue weighted by molar-refractivity contribution is 0.0658. The Balaban J connectivity index is 1.59. The molecule has 0 atom stereocenters. The molecule has 0 radical (unpaired) electrons. The van der Waals surface area contributed by atoms with Gasteiger partial charge in [0.2, 0.25) is 0 Å². The smallest absolute Gasteiger partial charge is 0.272 e. The summed E-state index contributed by atoms with van der Waals surface area (Å²) < 4.78 is 5.35. The summed E-state index contributed by atoms with van der Waals surface area (Å²) in [4.78, 5) is 20.9. The number of pyridine rings is 1. The van der Waals surface area contributed by atoms with E-state index in [0.29, 0.717) is 12.2 Å². The molecule has 25 heavy (non-hydrogen) atoms. The molecular formula is C19H24N4O2. The monoisotopic (exact) mass is 340 g/mol. The van der Waals surface area contributed by atoms with Gasteiger partial charge in [-0.1, -0.05) is 18.2 Å². The number of nitrogens with zero attached hydrogens (tertiary/aromatic N) is 3. The third-order valence-corrected chi connectivity index (χ3v) is 4.45. The molecule has 1 saturated heterocycles. The SMILES string of the molecule is COc1ccccc1CNc1ccc(C(=O)N2CCN(C)CC2)nc1. The summed E-state index contributed by atoms with van der Waals surface area (Å²) in [5.41, 5.74) is 2.44. The number of ether oxygens (including phenoxy) is 1. The maximum absolute atomic E-state index is 12.5. The number of piperazine rings is 1. The standard InChI is InChI=1S/C19H24N4O2/c1-22-9-11-23(12-10-22)19(24)17-8-7-16(14-21-17)20-13-15-5-3-4-6-18(15)25-2/h3-8,14,20H,9-13H2,1-2H3. The number of methoxy groups -OCH3 is 1. The number of hydrogen-bond donors (Lipinski definition) is 1. The summed E-state index contributed by atoms with van der Waals surface area (Å²) in [6, 6.07) is 11.6. The lowest BCUT2D eigenvalue weighted by atomic mass is 10.2. The molecule has 3 rings (SSSR count). The second-order valence-electron chi connectivity index (χ2n) is 6.19. The van der Waals surface area contributed by atoms with Gasteiger partial charge in [0.1, 0.15) is 11.4 Å². The van der Waals surface area contributed by atoms with E-state index < -0.39 is 0 Å². The number of carbonyl (C=O) groups is 1. The fourth-order valence-corrected chi connectivity index (χ4v) is 2.84. The van der Waals surface area contributed by atoms with Crippen LogP contribution in [-0.4, -0.2) is 61.0 Å². The Morgan fingerprint density at radius 2 is 1.92 bits per heavy atom. The third-order valence-electron chi connectivity index (χ3n) is 4.45. The van der Waals surface area contributed by atoms with Crippen LogP contribution in [0.4, 0.5) is 5.69 Å². The number of amides is 1. The Bertz CT molecular complexity index is 710. The number of benzene rings is 1. The van der Waals surface area contributed by atoms with E-state index in [2.05, 4.69) is 22.2 Å². The Labute approximate surface area is 148 Å². The molecule has 1 fully saturated rings. The largest absolute Gasteiger partial charge is 0.496 e. The highest BCUT2D eigenvalue weighted by Gasteiger charge is 2.21. The minimum atomic E-state index is 0.00405. The number of nitrogens with one attached hydrogen (secondary N) is 1. The van der Waals surface area contributed by atoms with Crippen LogP contribution in [0.25, 0.3) is 0 Å². The molecule has 0 saturated carbocycles. The average molecular weight is 340 g/mol. The van der Waals surface area contributed by atoms with Crippen molar-refractivity contribution in [3.63, 3.8) is 0 Å². The topological polar surface area (TPSA) is 57.7 Å². The minimum absolute atomic E-state index is 0.00405. The Kier molecular flexibility index (Phi) is 5.50. The van der Waals surface area contributed by atoms with E-state index in [1.54, 1.807) is 19.4 Å². The molecule has 0 aliphatic carbocycles. The summed E-state index contributed by atoms with van der Waals surface area (Å²) >= 11 is 0. The van der Waals surface area contributed by atoms with Crippen molar-refractivity contribution in [3.8, 4) is 5.75 Å². The summed E-state index contributed by atoms with van der Waals surface area (Å²) in [5.74, 6) is 0.856. The van der Waals surface area contributed by atoms with Gasteiger partial charge in [-0.25, -0.2) is 4.98 Å². The van der Waals surface area contributed by atoms with Crippen LogP contribution in [-0.2, 0) is 6.54 Å². The molecule has 0 spiro atoms. The fraction of sp³-hybridized carbons (Fsp3) is 0.368. The lowest BCUT2D eigenvalue weighted by Gasteiger charge is -2.32. The first kappa shape index (κ1) is 17.2. The maximum Gasteiger partial charge on any atom is 0.272 e. The van der Waals surface area contributed by atoms with Crippen molar-refractivity contribution in [2.75, 3.05) is 45.7 Å². The van der Waals surface area contributed by atoms with E-state index in [1.807, 2.05) is 35.2 Å². The third kappa shape index (κ3) is 4.28.